The lowest BCUT2D eigenvalue weighted by molar-refractivity contribution is -0.142. The van der Waals surface area contributed by atoms with Crippen LogP contribution >= 0.6 is 11.3 Å². The van der Waals surface area contributed by atoms with E-state index < -0.39 is 11.4 Å². The van der Waals surface area contributed by atoms with E-state index in [4.69, 9.17) is 4.74 Å². The minimum Gasteiger partial charge on any atom is -0.481 e. The van der Waals surface area contributed by atoms with E-state index >= 15 is 0 Å². The molecule has 0 spiro atoms. The largest absolute Gasteiger partial charge is 0.481 e. The first-order chi connectivity index (χ1) is 11.0. The highest BCUT2D eigenvalue weighted by molar-refractivity contribution is 7.12. The molecule has 1 heterocycles. The minimum atomic E-state index is -1.18. The van der Waals surface area contributed by atoms with Crippen molar-refractivity contribution in [2.24, 2.45) is 0 Å². The number of carbonyl (C=O) groups excluding carboxylic acids is 1. The Morgan fingerprint density at radius 3 is 2.57 bits per heavy atom. The van der Waals surface area contributed by atoms with E-state index in [2.05, 4.69) is 5.32 Å². The predicted molar refractivity (Wildman–Crippen MR) is 88.8 cm³/mol. The fraction of sp³-hybridized carbons (Fsp3) is 0.294. The van der Waals surface area contributed by atoms with Crippen LogP contribution in [0.5, 0.6) is 0 Å². The maximum absolute atomic E-state index is 12.4. The maximum Gasteiger partial charge on any atom is 0.315 e. The molecule has 1 aromatic heterocycles. The molecular weight excluding hydrogens is 314 g/mol. The van der Waals surface area contributed by atoms with Crippen LogP contribution in [0.15, 0.2) is 41.8 Å². The Labute approximate surface area is 138 Å². The zero-order valence-electron chi connectivity index (χ0n) is 13.0. The van der Waals surface area contributed by atoms with Gasteiger partial charge in [-0.05, 0) is 23.9 Å². The average molecular weight is 333 g/mol. The number of hydrogen-bond donors (Lipinski definition) is 2. The number of carbonyl (C=O) groups is 2. The van der Waals surface area contributed by atoms with Crippen LogP contribution in [-0.4, -0.2) is 30.6 Å². The standard InChI is InChI=1S/C17H19NO4S/c1-17(16(20)21,13-6-4-3-5-7-13)11-18-15(19)14-12(10-22-2)8-9-23-14/h3-9H,10-11H2,1-2H3,(H,18,19)(H,20,21). The molecule has 122 valence electrons. The topological polar surface area (TPSA) is 75.6 Å². The number of rotatable bonds is 7. The minimum absolute atomic E-state index is 0.00943. The molecule has 0 bridgehead atoms. The molecule has 2 N–H and O–H groups in total. The smallest absolute Gasteiger partial charge is 0.315 e. The van der Waals surface area contributed by atoms with E-state index in [9.17, 15) is 14.7 Å². The van der Waals surface area contributed by atoms with Crippen molar-refractivity contribution in [1.29, 1.82) is 0 Å². The van der Waals surface area contributed by atoms with E-state index in [1.807, 2.05) is 17.5 Å². The highest BCUT2D eigenvalue weighted by atomic mass is 32.1. The SMILES string of the molecule is COCc1ccsc1C(=O)NCC(C)(C(=O)O)c1ccccc1. The maximum atomic E-state index is 12.4. The number of thiophene rings is 1. The molecule has 0 aliphatic carbocycles. The quantitative estimate of drug-likeness (QED) is 0.817. The van der Waals surface area contributed by atoms with Crippen LogP contribution in [0.25, 0.3) is 0 Å². The van der Waals surface area contributed by atoms with Gasteiger partial charge in [-0.25, -0.2) is 0 Å². The van der Waals surface area contributed by atoms with Crippen molar-refractivity contribution in [2.45, 2.75) is 18.9 Å². The van der Waals surface area contributed by atoms with Gasteiger partial charge < -0.3 is 15.2 Å². The molecule has 0 saturated heterocycles. The lowest BCUT2D eigenvalue weighted by atomic mass is 9.82. The third-order valence-corrected chi connectivity index (χ3v) is 4.69. The van der Waals surface area contributed by atoms with Gasteiger partial charge in [-0.2, -0.15) is 0 Å². The summed E-state index contributed by atoms with van der Waals surface area (Å²) in [7, 11) is 1.57. The van der Waals surface area contributed by atoms with Crippen LogP contribution in [0.2, 0.25) is 0 Å². The first kappa shape index (κ1) is 17.2. The number of benzene rings is 1. The fourth-order valence-corrected chi connectivity index (χ4v) is 3.07. The van der Waals surface area contributed by atoms with Crippen LogP contribution in [0.1, 0.15) is 27.7 Å². The van der Waals surface area contributed by atoms with Crippen molar-refractivity contribution in [3.8, 4) is 0 Å². The van der Waals surface area contributed by atoms with Gasteiger partial charge in [0.2, 0.25) is 0 Å². The third kappa shape index (κ3) is 3.78. The zero-order valence-corrected chi connectivity index (χ0v) is 13.9. The molecule has 0 aliphatic rings. The Morgan fingerprint density at radius 1 is 1.26 bits per heavy atom. The molecular formula is C17H19NO4S. The lowest BCUT2D eigenvalue weighted by Gasteiger charge is -2.25. The molecule has 1 unspecified atom stereocenters. The summed E-state index contributed by atoms with van der Waals surface area (Å²) in [5.41, 5.74) is 0.262. The molecule has 5 nitrogen and oxygen atoms in total. The summed E-state index contributed by atoms with van der Waals surface area (Å²) in [6.07, 6.45) is 0. The van der Waals surface area contributed by atoms with E-state index in [0.717, 1.165) is 5.56 Å². The monoisotopic (exact) mass is 333 g/mol. The van der Waals surface area contributed by atoms with E-state index in [1.165, 1.54) is 11.3 Å². The molecule has 0 fully saturated rings. The summed E-state index contributed by atoms with van der Waals surface area (Å²) in [5.74, 6) is -1.26. The highest BCUT2D eigenvalue weighted by Gasteiger charge is 2.35. The van der Waals surface area contributed by atoms with Gasteiger partial charge in [-0.15, -0.1) is 11.3 Å². The Balaban J connectivity index is 2.15. The Kier molecular flexibility index (Phi) is 5.52. The summed E-state index contributed by atoms with van der Waals surface area (Å²) in [5, 5.41) is 14.2. The van der Waals surface area contributed by atoms with Gasteiger partial charge in [0.05, 0.1) is 11.5 Å². The molecule has 0 aliphatic heterocycles. The predicted octanol–water partition coefficient (Wildman–Crippen LogP) is 2.67. The number of methoxy groups -OCH3 is 1. The second kappa shape index (κ2) is 7.39. The van der Waals surface area contributed by atoms with Gasteiger partial charge in [-0.3, -0.25) is 9.59 Å². The van der Waals surface area contributed by atoms with Crippen LogP contribution in [0, 0.1) is 0 Å². The van der Waals surface area contributed by atoms with Gasteiger partial charge in [0.25, 0.3) is 5.91 Å². The van der Waals surface area contributed by atoms with Gasteiger partial charge in [0.15, 0.2) is 0 Å². The van der Waals surface area contributed by atoms with Crippen LogP contribution < -0.4 is 5.32 Å². The van der Waals surface area contributed by atoms with Crippen LogP contribution in [0.3, 0.4) is 0 Å². The lowest BCUT2D eigenvalue weighted by Crippen LogP contribution is -2.44. The summed E-state index contributed by atoms with van der Waals surface area (Å²) in [4.78, 5) is 24.6. The second-order valence-corrected chi connectivity index (χ2v) is 6.31. The molecule has 1 aromatic carbocycles. The fourth-order valence-electron chi connectivity index (χ4n) is 2.25. The Hall–Kier alpha value is -2.18. The van der Waals surface area contributed by atoms with Crippen molar-refractivity contribution in [2.75, 3.05) is 13.7 Å². The number of hydrogen-bond acceptors (Lipinski definition) is 4. The Morgan fingerprint density at radius 2 is 1.96 bits per heavy atom. The third-order valence-electron chi connectivity index (χ3n) is 3.74. The number of ether oxygens (including phenoxy) is 1. The van der Waals surface area contributed by atoms with Crippen LogP contribution in [0.4, 0.5) is 0 Å². The normalized spacial score (nSPS) is 13.3. The molecule has 1 amide bonds. The number of aliphatic carboxylic acids is 1. The molecule has 1 atom stereocenters. The van der Waals surface area contributed by atoms with Gasteiger partial charge >= 0.3 is 5.97 Å². The molecule has 6 heteroatoms. The Bertz CT molecular complexity index is 683. The van der Waals surface area contributed by atoms with Crippen molar-refractivity contribution < 1.29 is 19.4 Å². The number of carboxylic acid groups (broad SMARTS) is 1. The van der Waals surface area contributed by atoms with Crippen molar-refractivity contribution in [1.82, 2.24) is 5.32 Å². The summed E-state index contributed by atoms with van der Waals surface area (Å²) < 4.78 is 5.06. The van der Waals surface area contributed by atoms with E-state index in [0.29, 0.717) is 17.0 Å². The zero-order chi connectivity index (χ0) is 16.9. The van der Waals surface area contributed by atoms with Crippen molar-refractivity contribution in [3.05, 3.63) is 57.8 Å². The number of amides is 1. The van der Waals surface area contributed by atoms with E-state index in [1.54, 1.807) is 38.3 Å². The van der Waals surface area contributed by atoms with Gasteiger partial charge in [0, 0.05) is 19.2 Å². The number of nitrogens with one attached hydrogen (secondary N) is 1. The summed E-state index contributed by atoms with van der Waals surface area (Å²) in [6.45, 7) is 1.96. The van der Waals surface area contributed by atoms with Crippen LogP contribution in [-0.2, 0) is 21.6 Å². The first-order valence-corrected chi connectivity index (χ1v) is 7.99. The first-order valence-electron chi connectivity index (χ1n) is 7.11. The summed E-state index contributed by atoms with van der Waals surface area (Å²) >= 11 is 1.31. The second-order valence-electron chi connectivity index (χ2n) is 5.39. The molecule has 2 aromatic rings. The summed E-state index contributed by atoms with van der Waals surface area (Å²) in [6, 6.07) is 10.7. The van der Waals surface area contributed by atoms with Crippen molar-refractivity contribution >= 4 is 23.2 Å². The average Bonchev–Trinajstić information content (AvgIpc) is 3.01. The molecule has 0 saturated carbocycles. The number of carboxylic acids is 1. The molecule has 2 rings (SSSR count). The van der Waals surface area contributed by atoms with Crippen molar-refractivity contribution in [3.63, 3.8) is 0 Å². The van der Waals surface area contributed by atoms with E-state index in [-0.39, 0.29) is 12.5 Å². The van der Waals surface area contributed by atoms with Gasteiger partial charge in [-0.1, -0.05) is 30.3 Å². The highest BCUT2D eigenvalue weighted by Crippen LogP contribution is 2.24. The molecule has 0 radical (unpaired) electrons. The van der Waals surface area contributed by atoms with Gasteiger partial charge in [0.1, 0.15) is 5.41 Å². The molecule has 23 heavy (non-hydrogen) atoms.